The molecule has 5 nitrogen and oxygen atoms in total. The molecule has 2 rings (SSSR count). The highest BCUT2D eigenvalue weighted by Crippen LogP contribution is 2.28. The molecule has 1 unspecified atom stereocenters. The van der Waals surface area contributed by atoms with Gasteiger partial charge in [0.25, 0.3) is 5.91 Å². The highest BCUT2D eigenvalue weighted by Gasteiger charge is 2.37. The van der Waals surface area contributed by atoms with Gasteiger partial charge in [-0.25, -0.2) is 0 Å². The Bertz CT molecular complexity index is 558. The van der Waals surface area contributed by atoms with Crippen molar-refractivity contribution in [2.45, 2.75) is 6.92 Å². The van der Waals surface area contributed by atoms with E-state index in [2.05, 4.69) is 0 Å². The summed E-state index contributed by atoms with van der Waals surface area (Å²) in [5.41, 5.74) is 0. The van der Waals surface area contributed by atoms with Crippen LogP contribution in [-0.2, 0) is 9.59 Å². The van der Waals surface area contributed by atoms with Crippen molar-refractivity contribution in [2.24, 2.45) is 11.8 Å². The van der Waals surface area contributed by atoms with E-state index in [1.807, 2.05) is 0 Å². The molecule has 1 amide bonds. The zero-order valence-corrected chi connectivity index (χ0v) is 12.9. The molecule has 0 aliphatic carbocycles. The molecule has 21 heavy (non-hydrogen) atoms. The molecule has 1 N–H and O–H groups in total. The Kier molecular flexibility index (Phi) is 4.96. The van der Waals surface area contributed by atoms with E-state index in [-0.39, 0.29) is 18.4 Å². The Morgan fingerprint density at radius 3 is 2.67 bits per heavy atom. The number of benzene rings is 1. The van der Waals surface area contributed by atoms with Gasteiger partial charge < -0.3 is 14.7 Å². The summed E-state index contributed by atoms with van der Waals surface area (Å²) in [4.78, 5) is 24.3. The molecular weight excluding hydrogens is 317 g/mol. The normalized spacial score (nSPS) is 16.2. The third kappa shape index (κ3) is 3.80. The van der Waals surface area contributed by atoms with Gasteiger partial charge in [-0.1, -0.05) is 30.1 Å². The molecule has 1 aliphatic heterocycles. The standard InChI is InChI=1S/C14H15Cl2NO4/c1-8(14(19)20)9-5-17(6-9)13(18)7-21-12-3-2-10(15)4-11(12)16/h2-4,8-9H,5-7H2,1H3,(H,19,20). The van der Waals surface area contributed by atoms with Crippen LogP contribution in [0, 0.1) is 11.8 Å². The number of carbonyl (C=O) groups is 2. The summed E-state index contributed by atoms with van der Waals surface area (Å²) in [6, 6.07) is 4.77. The lowest BCUT2D eigenvalue weighted by molar-refractivity contribution is -0.151. The van der Waals surface area contributed by atoms with Crippen LogP contribution in [-0.4, -0.2) is 41.6 Å². The molecule has 1 aliphatic rings. The van der Waals surface area contributed by atoms with Crippen molar-refractivity contribution < 1.29 is 19.4 Å². The van der Waals surface area contributed by atoms with E-state index >= 15 is 0 Å². The Morgan fingerprint density at radius 2 is 2.10 bits per heavy atom. The lowest BCUT2D eigenvalue weighted by Crippen LogP contribution is -2.54. The van der Waals surface area contributed by atoms with Gasteiger partial charge in [-0.2, -0.15) is 0 Å². The quantitative estimate of drug-likeness (QED) is 0.900. The minimum absolute atomic E-state index is 0.00516. The molecular formula is C14H15Cl2NO4. The number of ether oxygens (including phenoxy) is 1. The Balaban J connectivity index is 1.80. The molecule has 0 radical (unpaired) electrons. The van der Waals surface area contributed by atoms with Crippen LogP contribution in [0.5, 0.6) is 5.75 Å². The fraction of sp³-hybridized carbons (Fsp3) is 0.429. The molecule has 1 heterocycles. The van der Waals surface area contributed by atoms with E-state index in [1.54, 1.807) is 24.0 Å². The van der Waals surface area contributed by atoms with E-state index in [0.29, 0.717) is 28.9 Å². The van der Waals surface area contributed by atoms with Gasteiger partial charge in [-0.05, 0) is 18.2 Å². The van der Waals surface area contributed by atoms with E-state index in [4.69, 9.17) is 33.0 Å². The number of amides is 1. The van der Waals surface area contributed by atoms with Gasteiger partial charge in [0.15, 0.2) is 6.61 Å². The summed E-state index contributed by atoms with van der Waals surface area (Å²) in [5.74, 6) is -1.07. The summed E-state index contributed by atoms with van der Waals surface area (Å²) in [5, 5.41) is 9.73. The van der Waals surface area contributed by atoms with Gasteiger partial charge in [0, 0.05) is 24.0 Å². The minimum atomic E-state index is -0.837. The van der Waals surface area contributed by atoms with Crippen LogP contribution >= 0.6 is 23.2 Å². The maximum atomic E-state index is 11.9. The van der Waals surface area contributed by atoms with Crippen LogP contribution < -0.4 is 4.74 Å². The number of nitrogens with zero attached hydrogens (tertiary/aromatic N) is 1. The SMILES string of the molecule is CC(C(=O)O)C1CN(C(=O)COc2ccc(Cl)cc2Cl)C1. The second-order valence-electron chi connectivity index (χ2n) is 5.05. The van der Waals surface area contributed by atoms with Gasteiger partial charge in [-0.15, -0.1) is 0 Å². The number of carboxylic acids is 1. The lowest BCUT2D eigenvalue weighted by atomic mass is 9.87. The van der Waals surface area contributed by atoms with Crippen LogP contribution in [0.25, 0.3) is 0 Å². The molecule has 0 bridgehead atoms. The molecule has 0 aromatic heterocycles. The summed E-state index contributed by atoms with van der Waals surface area (Å²) in [6.07, 6.45) is 0. The molecule has 0 spiro atoms. The van der Waals surface area contributed by atoms with Crippen molar-refractivity contribution in [3.05, 3.63) is 28.2 Å². The number of likely N-dealkylation sites (tertiary alicyclic amines) is 1. The smallest absolute Gasteiger partial charge is 0.306 e. The number of carbonyl (C=O) groups excluding carboxylic acids is 1. The maximum absolute atomic E-state index is 11.9. The van der Waals surface area contributed by atoms with E-state index in [9.17, 15) is 9.59 Å². The molecule has 1 fully saturated rings. The third-order valence-corrected chi connectivity index (χ3v) is 4.13. The zero-order valence-electron chi connectivity index (χ0n) is 11.4. The Labute approximate surface area is 132 Å². The van der Waals surface area contributed by atoms with Crippen LogP contribution in [0.3, 0.4) is 0 Å². The molecule has 114 valence electrons. The first-order valence-corrected chi connectivity index (χ1v) is 7.22. The van der Waals surface area contributed by atoms with Crippen LogP contribution in [0.4, 0.5) is 0 Å². The Morgan fingerprint density at radius 1 is 1.43 bits per heavy atom. The van der Waals surface area contributed by atoms with E-state index in [0.717, 1.165) is 0 Å². The fourth-order valence-corrected chi connectivity index (χ4v) is 2.52. The lowest BCUT2D eigenvalue weighted by Gasteiger charge is -2.41. The van der Waals surface area contributed by atoms with Crippen molar-refractivity contribution in [1.82, 2.24) is 4.90 Å². The average Bonchev–Trinajstić information content (AvgIpc) is 2.35. The summed E-state index contributed by atoms with van der Waals surface area (Å²) >= 11 is 11.7. The predicted octanol–water partition coefficient (Wildman–Crippen LogP) is 2.55. The van der Waals surface area contributed by atoms with Gasteiger partial charge in [0.2, 0.25) is 0 Å². The first-order chi connectivity index (χ1) is 9.88. The van der Waals surface area contributed by atoms with Gasteiger partial charge >= 0.3 is 5.97 Å². The third-order valence-electron chi connectivity index (χ3n) is 3.60. The molecule has 7 heteroatoms. The summed E-state index contributed by atoms with van der Waals surface area (Å²) in [7, 11) is 0. The summed E-state index contributed by atoms with van der Waals surface area (Å²) in [6.45, 7) is 2.42. The summed E-state index contributed by atoms with van der Waals surface area (Å²) < 4.78 is 5.36. The highest BCUT2D eigenvalue weighted by atomic mass is 35.5. The van der Waals surface area contributed by atoms with Crippen molar-refractivity contribution in [2.75, 3.05) is 19.7 Å². The minimum Gasteiger partial charge on any atom is -0.482 e. The average molecular weight is 332 g/mol. The number of hydrogen-bond donors (Lipinski definition) is 1. The fourth-order valence-electron chi connectivity index (χ4n) is 2.06. The molecule has 1 atom stereocenters. The number of hydrogen-bond acceptors (Lipinski definition) is 3. The van der Waals surface area contributed by atoms with Crippen LogP contribution in [0.2, 0.25) is 10.0 Å². The van der Waals surface area contributed by atoms with Crippen molar-refractivity contribution in [1.29, 1.82) is 0 Å². The van der Waals surface area contributed by atoms with Gasteiger partial charge in [-0.3, -0.25) is 9.59 Å². The first-order valence-electron chi connectivity index (χ1n) is 6.47. The van der Waals surface area contributed by atoms with Gasteiger partial charge in [0.05, 0.1) is 10.9 Å². The second-order valence-corrected chi connectivity index (χ2v) is 5.89. The number of rotatable bonds is 5. The molecule has 1 aromatic rings. The van der Waals surface area contributed by atoms with Crippen molar-refractivity contribution in [3.8, 4) is 5.75 Å². The second kappa shape index (κ2) is 6.54. The molecule has 0 saturated carbocycles. The first kappa shape index (κ1) is 15.9. The predicted molar refractivity (Wildman–Crippen MR) is 78.8 cm³/mol. The number of aliphatic carboxylic acids is 1. The largest absolute Gasteiger partial charge is 0.482 e. The highest BCUT2D eigenvalue weighted by molar-refractivity contribution is 6.35. The zero-order chi connectivity index (χ0) is 15.6. The molecule has 1 aromatic carbocycles. The monoisotopic (exact) mass is 331 g/mol. The van der Waals surface area contributed by atoms with Gasteiger partial charge in [0.1, 0.15) is 5.75 Å². The topological polar surface area (TPSA) is 66.8 Å². The van der Waals surface area contributed by atoms with E-state index < -0.39 is 11.9 Å². The van der Waals surface area contributed by atoms with Crippen LogP contribution in [0.1, 0.15) is 6.92 Å². The number of halogens is 2. The molecule has 1 saturated heterocycles. The van der Waals surface area contributed by atoms with Crippen LogP contribution in [0.15, 0.2) is 18.2 Å². The maximum Gasteiger partial charge on any atom is 0.306 e. The van der Waals surface area contributed by atoms with E-state index in [1.165, 1.54) is 6.07 Å². The number of carboxylic acid groups (broad SMARTS) is 1. The Hall–Kier alpha value is -1.46. The van der Waals surface area contributed by atoms with Crippen molar-refractivity contribution >= 4 is 35.1 Å². The van der Waals surface area contributed by atoms with Crippen molar-refractivity contribution in [3.63, 3.8) is 0 Å².